The van der Waals surface area contributed by atoms with E-state index in [1.807, 2.05) is 10.6 Å². The van der Waals surface area contributed by atoms with Crippen molar-refractivity contribution >= 4 is 76.9 Å². The number of carbonyl (C=O) groups is 12. The Morgan fingerprint density at radius 3 is 1.80 bits per heavy atom. The van der Waals surface area contributed by atoms with Crippen LogP contribution in [0.5, 0.6) is 0 Å². The van der Waals surface area contributed by atoms with Crippen LogP contribution in [0.25, 0.3) is 0 Å². The van der Waals surface area contributed by atoms with Crippen molar-refractivity contribution < 1.29 is 82.7 Å². The molecule has 0 bridgehead atoms. The molecule has 1 heterocycles. The molecule has 0 aliphatic carbocycles. The minimum absolute atomic E-state index is 0.0322. The molecule has 88 heavy (non-hydrogen) atoms. The minimum Gasteiger partial charge on any atom is -0.453 e. The summed E-state index contributed by atoms with van der Waals surface area (Å²) in [6.07, 6.45) is -8.03. The van der Waals surface area contributed by atoms with Crippen molar-refractivity contribution in [3.63, 3.8) is 0 Å². The number of ether oxygens (including phenoxy) is 1. The summed E-state index contributed by atoms with van der Waals surface area (Å²) in [6, 6.07) is -9.49. The lowest BCUT2D eigenvalue weighted by molar-refractivity contribution is -0.159. The molecule has 0 radical (unpaired) electrons. The summed E-state index contributed by atoms with van der Waals surface area (Å²) in [5.74, 6) is -16.9. The fraction of sp³-hybridized carbons (Fsp3) is 0.661. The number of carbonyl (C=O) groups excluding carboxylic acids is 12. The number of primary amides is 1. The van der Waals surface area contributed by atoms with Crippen molar-refractivity contribution in [3.8, 4) is 0 Å². The van der Waals surface area contributed by atoms with Gasteiger partial charge in [-0.25, -0.2) is 4.79 Å². The van der Waals surface area contributed by atoms with Gasteiger partial charge in [0.25, 0.3) is 0 Å². The summed E-state index contributed by atoms with van der Waals surface area (Å²) in [5.41, 5.74) is 22.0. The zero-order valence-electron chi connectivity index (χ0n) is 51.3. The number of rotatable bonds is 23. The number of nitrogens with zero attached hydrogens (tertiary/aromatic N) is 1. The zero-order valence-corrected chi connectivity index (χ0v) is 51.3. The quantitative estimate of drug-likeness (QED) is 0.0210. The number of guanidine groups is 1. The van der Waals surface area contributed by atoms with Crippen molar-refractivity contribution in [2.24, 2.45) is 51.6 Å². The van der Waals surface area contributed by atoms with Crippen LogP contribution in [0, 0.1) is 23.7 Å². The van der Waals surface area contributed by atoms with Crippen LogP contribution in [0.1, 0.15) is 119 Å². The number of aliphatic imine (C=N–C) groups is 1. The second-order valence-electron chi connectivity index (χ2n) is 22.8. The molecule has 14 atom stereocenters. The molecule has 0 saturated carbocycles. The molecular formula is C56H93N15O17. The van der Waals surface area contributed by atoms with Gasteiger partial charge in [-0.15, -0.1) is 0 Å². The predicted molar refractivity (Wildman–Crippen MR) is 317 cm³/mol. The van der Waals surface area contributed by atoms with Gasteiger partial charge in [0.1, 0.15) is 48.3 Å². The highest BCUT2D eigenvalue weighted by Gasteiger charge is 2.43. The molecule has 1 fully saturated rings. The highest BCUT2D eigenvalue weighted by molar-refractivity contribution is 6.00. The van der Waals surface area contributed by atoms with Gasteiger partial charge in [0, 0.05) is 13.0 Å². The summed E-state index contributed by atoms with van der Waals surface area (Å²) in [7, 11) is 0. The number of amides is 11. The van der Waals surface area contributed by atoms with E-state index in [1.165, 1.54) is 44.2 Å². The van der Waals surface area contributed by atoms with E-state index < -0.39 is 175 Å². The first-order valence-electron chi connectivity index (χ1n) is 29.2. The smallest absolute Gasteiger partial charge is 0.331 e. The van der Waals surface area contributed by atoms with Gasteiger partial charge in [0.2, 0.25) is 65.0 Å². The molecule has 11 amide bonds. The first-order valence-corrected chi connectivity index (χ1v) is 29.2. The van der Waals surface area contributed by atoms with Crippen molar-refractivity contribution in [1.29, 1.82) is 0 Å². The molecule has 1 aromatic rings. The summed E-state index contributed by atoms with van der Waals surface area (Å²) in [5, 5.41) is 67.9. The third kappa shape index (κ3) is 25.0. The highest BCUT2D eigenvalue weighted by Crippen LogP contribution is 2.25. The van der Waals surface area contributed by atoms with Gasteiger partial charge in [0.15, 0.2) is 24.2 Å². The molecule has 1 aromatic carbocycles. The van der Waals surface area contributed by atoms with E-state index >= 15 is 4.79 Å². The number of nitrogens with one attached hydrogen (secondary N) is 10. The number of hydrogen-bond donors (Lipinski definition) is 18. The SMILES string of the molecule is CC[C@H](C)[C@@H]1NC(=O)[C@@H](CCCN=C(N)N)NC(=O)[C@H](CC(C)C)NC(=O)[C@H]([C@H](O)C(C)C)NC(=O)[C@@H](NC(=O)[C@H](CC(C)C)NC(=O)CCCN)[C@@H](c2ccccc2)OC(=O)[C@H](CO)NC(=O)[C@H]([C@H](O)C(N)=O)NC(=O)CNC(=O)[C@H]([C@H](C)O)NC1=O. The lowest BCUT2D eigenvalue weighted by atomic mass is 9.95. The lowest BCUT2D eigenvalue weighted by Gasteiger charge is -2.33. The number of cyclic esters (lactones) is 1. The average Bonchev–Trinajstić information content (AvgIpc) is 3.66. The molecule has 2 rings (SSSR count). The molecule has 0 spiro atoms. The topological polar surface area (TPSA) is 532 Å². The van der Waals surface area contributed by atoms with Crippen LogP contribution < -0.4 is 76.1 Å². The van der Waals surface area contributed by atoms with Crippen LogP contribution in [-0.2, 0) is 62.3 Å². The fourth-order valence-electron chi connectivity index (χ4n) is 8.88. The summed E-state index contributed by atoms with van der Waals surface area (Å²) >= 11 is 0. The number of aliphatic hydroxyl groups excluding tert-OH is 4. The molecule has 1 saturated heterocycles. The number of nitrogens with two attached hydrogens (primary N) is 4. The van der Waals surface area contributed by atoms with Crippen LogP contribution >= 0.6 is 0 Å². The largest absolute Gasteiger partial charge is 0.453 e. The van der Waals surface area contributed by atoms with E-state index in [0.717, 1.165) is 6.92 Å². The molecule has 32 heteroatoms. The molecule has 1 aliphatic heterocycles. The second-order valence-corrected chi connectivity index (χ2v) is 22.8. The number of benzene rings is 1. The monoisotopic (exact) mass is 1250 g/mol. The Bertz CT molecular complexity index is 2570. The third-order valence-electron chi connectivity index (χ3n) is 14.0. The van der Waals surface area contributed by atoms with E-state index in [1.54, 1.807) is 41.5 Å². The van der Waals surface area contributed by atoms with Crippen molar-refractivity contribution in [3.05, 3.63) is 35.9 Å². The Labute approximate surface area is 511 Å². The van der Waals surface area contributed by atoms with Crippen LogP contribution in [0.2, 0.25) is 0 Å². The number of aliphatic hydroxyl groups is 4. The zero-order chi connectivity index (χ0) is 66.7. The van der Waals surface area contributed by atoms with Gasteiger partial charge in [-0.2, -0.15) is 0 Å². The maximum Gasteiger partial charge on any atom is 0.331 e. The number of esters is 1. The Kier molecular flexibility index (Phi) is 32.5. The first kappa shape index (κ1) is 76.0. The summed E-state index contributed by atoms with van der Waals surface area (Å²) in [6.45, 7) is 11.9. The highest BCUT2D eigenvalue weighted by atomic mass is 16.5. The molecule has 494 valence electrons. The standard InChI is InChI=1S/C56H93N15O17/c1-10-29(8)38-51(83)69-39(30(9)73)50(82)62-24-37(75)67-41(44(77)46(58)78)53(85)66-35(25-72)55(87)88-45(31-16-12-11-13-17-31)42(71-49(81)33(22-26(2)3)63-36(74)19-14-20-57)54(86)70-40(43(76)28(6)7)52(84)65-34(23-27(4)5)48(80)64-32(47(79)68-38)18-15-21-61-56(59)60/h11-13,16-17,26-30,32-35,38-45,72-73,76-77H,10,14-15,18-25,57H2,1-9H3,(H2,58,78)(H,62,82)(H,63,74)(H,64,80)(H,65,84)(H,66,85)(H,67,75)(H,68,79)(H,69,83)(H,70,86)(H,71,81)(H4,59,60,61)/t29-,30-,32+,33-,34-,35-,38-,39-,40-,41-,42-,43+,44-,45+/m0/s1. The van der Waals surface area contributed by atoms with Crippen molar-refractivity contribution in [2.45, 2.75) is 186 Å². The van der Waals surface area contributed by atoms with Crippen LogP contribution in [0.15, 0.2) is 35.3 Å². The van der Waals surface area contributed by atoms with Crippen LogP contribution in [-0.4, -0.2) is 196 Å². The normalized spacial score (nSPS) is 24.6. The maximum atomic E-state index is 15.3. The van der Waals surface area contributed by atoms with E-state index in [0.29, 0.717) is 0 Å². The molecule has 0 unspecified atom stereocenters. The van der Waals surface area contributed by atoms with E-state index in [4.69, 9.17) is 27.7 Å². The second kappa shape index (κ2) is 37.6. The first-order chi connectivity index (χ1) is 41.3. The van der Waals surface area contributed by atoms with E-state index in [-0.39, 0.29) is 81.4 Å². The average molecular weight is 1250 g/mol. The molecule has 0 aromatic heterocycles. The third-order valence-corrected chi connectivity index (χ3v) is 14.0. The molecule has 22 N–H and O–H groups in total. The van der Waals surface area contributed by atoms with Gasteiger partial charge in [-0.1, -0.05) is 92.1 Å². The fourth-order valence-corrected chi connectivity index (χ4v) is 8.88. The Morgan fingerprint density at radius 1 is 0.682 bits per heavy atom. The summed E-state index contributed by atoms with van der Waals surface area (Å²) < 4.78 is 5.90. The predicted octanol–water partition coefficient (Wildman–Crippen LogP) is -6.07. The molecule has 1 aliphatic rings. The maximum absolute atomic E-state index is 15.3. The van der Waals surface area contributed by atoms with E-state index in [9.17, 15) is 73.2 Å². The van der Waals surface area contributed by atoms with Gasteiger partial charge >= 0.3 is 5.97 Å². The Morgan fingerprint density at radius 2 is 1.25 bits per heavy atom. The number of hydrogen-bond acceptors (Lipinski definition) is 19. The Hall–Kier alpha value is -8.07. The van der Waals surface area contributed by atoms with Gasteiger partial charge in [-0.3, -0.25) is 57.7 Å². The lowest BCUT2D eigenvalue weighted by Crippen LogP contribution is -2.64. The van der Waals surface area contributed by atoms with Crippen LogP contribution in [0.3, 0.4) is 0 Å². The van der Waals surface area contributed by atoms with Gasteiger partial charge in [-0.05, 0) is 74.8 Å². The van der Waals surface area contributed by atoms with Gasteiger partial charge in [0.05, 0.1) is 25.4 Å². The van der Waals surface area contributed by atoms with E-state index in [2.05, 4.69) is 47.5 Å². The Balaban J connectivity index is 3.11. The minimum atomic E-state index is -2.57. The van der Waals surface area contributed by atoms with Crippen molar-refractivity contribution in [1.82, 2.24) is 53.2 Å². The molecular weight excluding hydrogens is 1150 g/mol. The summed E-state index contributed by atoms with van der Waals surface area (Å²) in [4.78, 5) is 173. The molecule has 32 nitrogen and oxygen atoms in total. The van der Waals surface area contributed by atoms with Crippen molar-refractivity contribution in [2.75, 3.05) is 26.2 Å². The van der Waals surface area contributed by atoms with Gasteiger partial charge < -0.3 is 101 Å². The van der Waals surface area contributed by atoms with Crippen LogP contribution in [0.4, 0.5) is 0 Å².